The summed E-state index contributed by atoms with van der Waals surface area (Å²) < 4.78 is 12.4. The molecule has 4 rings (SSSR count). The van der Waals surface area contributed by atoms with Gasteiger partial charge in [0.15, 0.2) is 0 Å². The highest BCUT2D eigenvalue weighted by Gasteiger charge is 2.35. The van der Waals surface area contributed by atoms with Crippen LogP contribution in [0.15, 0.2) is 65.0 Å². The predicted molar refractivity (Wildman–Crippen MR) is 125 cm³/mol. The SMILES string of the molecule is CCOC(=O)C1=C(C)Nc2nc(SCc3cccc(Cl)c3)nn2C1c1ccc(OC)cc1. The Morgan fingerprint density at radius 3 is 2.72 bits per heavy atom. The van der Waals surface area contributed by atoms with Crippen LogP contribution in [0.5, 0.6) is 5.75 Å². The van der Waals surface area contributed by atoms with E-state index >= 15 is 0 Å². The second kappa shape index (κ2) is 9.67. The van der Waals surface area contributed by atoms with E-state index in [1.54, 1.807) is 18.7 Å². The molecule has 9 heteroatoms. The minimum atomic E-state index is -0.468. The Hall–Kier alpha value is -2.97. The predicted octanol–water partition coefficient (Wildman–Crippen LogP) is 5.08. The van der Waals surface area contributed by atoms with Gasteiger partial charge in [-0.3, -0.25) is 0 Å². The Balaban J connectivity index is 1.68. The normalized spacial score (nSPS) is 15.2. The van der Waals surface area contributed by atoms with Gasteiger partial charge in [0.1, 0.15) is 11.8 Å². The number of thioether (sulfide) groups is 1. The van der Waals surface area contributed by atoms with Crippen molar-refractivity contribution >= 4 is 35.3 Å². The molecule has 2 aromatic carbocycles. The van der Waals surface area contributed by atoms with Crippen LogP contribution in [0, 0.1) is 0 Å². The number of carbonyl (C=O) groups excluding carboxylic acids is 1. The molecule has 0 bridgehead atoms. The van der Waals surface area contributed by atoms with Crippen LogP contribution in [0.1, 0.15) is 31.0 Å². The van der Waals surface area contributed by atoms with Gasteiger partial charge in [0.2, 0.25) is 11.1 Å². The molecular weight excluding hydrogens is 448 g/mol. The largest absolute Gasteiger partial charge is 0.497 e. The van der Waals surface area contributed by atoms with Gasteiger partial charge in [0.25, 0.3) is 0 Å². The van der Waals surface area contributed by atoms with E-state index in [1.165, 1.54) is 11.8 Å². The zero-order chi connectivity index (χ0) is 22.7. The fourth-order valence-electron chi connectivity index (χ4n) is 3.53. The van der Waals surface area contributed by atoms with Gasteiger partial charge in [-0.25, -0.2) is 9.48 Å². The number of benzene rings is 2. The molecule has 1 atom stereocenters. The van der Waals surface area contributed by atoms with Crippen LogP contribution in [0.4, 0.5) is 5.95 Å². The Kier molecular flexibility index (Phi) is 6.72. The van der Waals surface area contributed by atoms with Gasteiger partial charge >= 0.3 is 5.97 Å². The number of nitrogens with one attached hydrogen (secondary N) is 1. The highest BCUT2D eigenvalue weighted by Crippen LogP contribution is 2.37. The van der Waals surface area contributed by atoms with E-state index < -0.39 is 6.04 Å². The van der Waals surface area contributed by atoms with Crippen molar-refractivity contribution in [2.45, 2.75) is 30.8 Å². The van der Waals surface area contributed by atoms with E-state index in [-0.39, 0.29) is 12.6 Å². The number of ether oxygens (including phenoxy) is 2. The molecule has 0 saturated heterocycles. The smallest absolute Gasteiger partial charge is 0.338 e. The third kappa shape index (κ3) is 4.61. The fraction of sp³-hybridized carbons (Fsp3) is 0.261. The maximum Gasteiger partial charge on any atom is 0.338 e. The number of hydrogen-bond acceptors (Lipinski definition) is 7. The number of hydrogen-bond donors (Lipinski definition) is 1. The lowest BCUT2D eigenvalue weighted by molar-refractivity contribution is -0.139. The van der Waals surface area contributed by atoms with Crippen LogP contribution < -0.4 is 10.1 Å². The van der Waals surface area contributed by atoms with Crippen molar-refractivity contribution in [1.82, 2.24) is 14.8 Å². The summed E-state index contributed by atoms with van der Waals surface area (Å²) >= 11 is 7.60. The summed E-state index contributed by atoms with van der Waals surface area (Å²) in [7, 11) is 1.62. The maximum absolute atomic E-state index is 12.9. The summed E-state index contributed by atoms with van der Waals surface area (Å²) in [4.78, 5) is 17.5. The first-order valence-electron chi connectivity index (χ1n) is 10.1. The fourth-order valence-corrected chi connectivity index (χ4v) is 4.52. The van der Waals surface area contributed by atoms with Crippen LogP contribution >= 0.6 is 23.4 Å². The lowest BCUT2D eigenvalue weighted by Gasteiger charge is -2.28. The van der Waals surface area contributed by atoms with Crippen molar-refractivity contribution in [2.24, 2.45) is 0 Å². The van der Waals surface area contributed by atoms with Gasteiger partial charge in [-0.15, -0.1) is 5.10 Å². The zero-order valence-corrected chi connectivity index (χ0v) is 19.5. The lowest BCUT2D eigenvalue weighted by Crippen LogP contribution is -2.29. The second-order valence-corrected chi connectivity index (χ2v) is 8.52. The summed E-state index contributed by atoms with van der Waals surface area (Å²) in [5, 5.41) is 9.22. The number of carbonyl (C=O) groups is 1. The first kappa shape index (κ1) is 22.2. The van der Waals surface area contributed by atoms with Gasteiger partial charge in [-0.1, -0.05) is 47.6 Å². The van der Waals surface area contributed by atoms with Crippen molar-refractivity contribution in [1.29, 1.82) is 0 Å². The summed E-state index contributed by atoms with van der Waals surface area (Å²) in [6, 6.07) is 14.8. The van der Waals surface area contributed by atoms with Crippen LogP contribution in [-0.2, 0) is 15.3 Å². The molecule has 0 amide bonds. The Morgan fingerprint density at radius 2 is 2.03 bits per heavy atom. The third-order valence-electron chi connectivity index (χ3n) is 5.02. The number of allylic oxidation sites excluding steroid dienone is 1. The second-order valence-electron chi connectivity index (χ2n) is 7.14. The lowest BCUT2D eigenvalue weighted by atomic mass is 9.96. The minimum absolute atomic E-state index is 0.288. The highest BCUT2D eigenvalue weighted by atomic mass is 35.5. The van der Waals surface area contributed by atoms with Gasteiger partial charge < -0.3 is 14.8 Å². The number of nitrogens with zero attached hydrogens (tertiary/aromatic N) is 3. The molecule has 0 spiro atoms. The number of rotatable bonds is 7. The van der Waals surface area contributed by atoms with Crippen LogP contribution in [0.3, 0.4) is 0 Å². The first-order valence-corrected chi connectivity index (χ1v) is 11.5. The Morgan fingerprint density at radius 1 is 1.25 bits per heavy atom. The molecule has 0 aliphatic carbocycles. The van der Waals surface area contributed by atoms with E-state index in [1.807, 2.05) is 55.5 Å². The van der Waals surface area contributed by atoms with Crippen molar-refractivity contribution < 1.29 is 14.3 Å². The van der Waals surface area contributed by atoms with Crippen molar-refractivity contribution in [3.8, 4) is 5.75 Å². The molecule has 1 aromatic heterocycles. The molecule has 0 radical (unpaired) electrons. The third-order valence-corrected chi connectivity index (χ3v) is 6.16. The van der Waals surface area contributed by atoms with E-state index in [2.05, 4.69) is 10.3 Å². The molecule has 1 aliphatic rings. The molecule has 0 saturated carbocycles. The van der Waals surface area contributed by atoms with E-state index in [0.29, 0.717) is 33.2 Å². The summed E-state index contributed by atoms with van der Waals surface area (Å²) in [5.41, 5.74) is 3.15. The molecule has 2 heterocycles. The first-order chi connectivity index (χ1) is 15.5. The minimum Gasteiger partial charge on any atom is -0.497 e. The molecule has 3 aromatic rings. The number of halogens is 1. The topological polar surface area (TPSA) is 78.3 Å². The van der Waals surface area contributed by atoms with Crippen LogP contribution in [0.25, 0.3) is 0 Å². The van der Waals surface area contributed by atoms with Crippen molar-refractivity contribution in [3.05, 3.63) is 76.0 Å². The summed E-state index contributed by atoms with van der Waals surface area (Å²) in [6.07, 6.45) is 0. The molecule has 1 aliphatic heterocycles. The quantitative estimate of drug-likeness (QED) is 0.381. The average Bonchev–Trinajstić information content (AvgIpc) is 3.19. The van der Waals surface area contributed by atoms with E-state index in [9.17, 15) is 4.79 Å². The summed E-state index contributed by atoms with van der Waals surface area (Å²) in [6.45, 7) is 3.92. The van der Waals surface area contributed by atoms with E-state index in [4.69, 9.17) is 26.2 Å². The molecule has 166 valence electrons. The maximum atomic E-state index is 12.9. The van der Waals surface area contributed by atoms with Crippen LogP contribution in [-0.4, -0.2) is 34.5 Å². The monoisotopic (exact) mass is 470 g/mol. The molecule has 7 nitrogen and oxygen atoms in total. The van der Waals surface area contributed by atoms with Crippen molar-refractivity contribution in [2.75, 3.05) is 19.0 Å². The zero-order valence-electron chi connectivity index (χ0n) is 18.0. The van der Waals surface area contributed by atoms with E-state index in [0.717, 1.165) is 16.9 Å². The Labute approximate surface area is 195 Å². The van der Waals surface area contributed by atoms with Gasteiger partial charge in [-0.05, 0) is 49.2 Å². The molecular formula is C23H23ClN4O3S. The molecule has 32 heavy (non-hydrogen) atoms. The molecule has 1 N–H and O–H groups in total. The number of fused-ring (bicyclic) bond motifs is 1. The highest BCUT2D eigenvalue weighted by molar-refractivity contribution is 7.98. The van der Waals surface area contributed by atoms with Gasteiger partial charge in [-0.2, -0.15) is 4.98 Å². The van der Waals surface area contributed by atoms with Crippen molar-refractivity contribution in [3.63, 3.8) is 0 Å². The number of esters is 1. The molecule has 0 fully saturated rings. The Bertz CT molecular complexity index is 1160. The van der Waals surface area contributed by atoms with Gasteiger partial charge in [0.05, 0.1) is 19.3 Å². The summed E-state index contributed by atoms with van der Waals surface area (Å²) in [5.74, 6) is 1.60. The van der Waals surface area contributed by atoms with Crippen LogP contribution in [0.2, 0.25) is 5.02 Å². The van der Waals surface area contributed by atoms with Gasteiger partial charge in [0, 0.05) is 16.5 Å². The number of anilines is 1. The average molecular weight is 471 g/mol. The number of aromatic nitrogens is 3. The standard InChI is InChI=1S/C23H23ClN4O3S/c1-4-31-21(29)19-14(2)25-22-26-23(32-13-15-6-5-7-17(24)12-15)27-28(22)20(19)16-8-10-18(30-3)11-9-16/h5-12,20H,4,13H2,1-3H3,(H,25,26,27). The number of methoxy groups -OCH3 is 1. The molecule has 1 unspecified atom stereocenters.